The smallest absolute Gasteiger partial charge is 0.279 e. The van der Waals surface area contributed by atoms with Crippen molar-refractivity contribution in [3.63, 3.8) is 0 Å². The second-order valence-corrected chi connectivity index (χ2v) is 8.41. The van der Waals surface area contributed by atoms with Crippen molar-refractivity contribution in [2.75, 3.05) is 26.2 Å². The van der Waals surface area contributed by atoms with Crippen LogP contribution in [0, 0.1) is 17.8 Å². The molecular weight excluding hydrogens is 274 g/mol. The van der Waals surface area contributed by atoms with Crippen LogP contribution in [0.5, 0.6) is 0 Å². The minimum absolute atomic E-state index is 0.0960. The highest BCUT2D eigenvalue weighted by Gasteiger charge is 2.35. The van der Waals surface area contributed by atoms with E-state index in [-0.39, 0.29) is 6.04 Å². The van der Waals surface area contributed by atoms with Crippen LogP contribution in [0.1, 0.15) is 40.0 Å². The Morgan fingerprint density at radius 1 is 1.20 bits per heavy atom. The number of rotatable bonds is 4. The lowest BCUT2D eigenvalue weighted by Gasteiger charge is -2.39. The monoisotopic (exact) mass is 303 g/mol. The van der Waals surface area contributed by atoms with E-state index in [4.69, 9.17) is 0 Å². The summed E-state index contributed by atoms with van der Waals surface area (Å²) in [7, 11) is -3.33. The molecule has 0 spiro atoms. The first kappa shape index (κ1) is 16.2. The summed E-state index contributed by atoms with van der Waals surface area (Å²) in [5.41, 5.74) is 0. The van der Waals surface area contributed by atoms with E-state index in [1.165, 1.54) is 6.42 Å². The van der Waals surface area contributed by atoms with Gasteiger partial charge in [0.15, 0.2) is 0 Å². The minimum Gasteiger partial charge on any atom is -0.314 e. The predicted octanol–water partition coefficient (Wildman–Crippen LogP) is 1.19. The maximum absolute atomic E-state index is 12.5. The van der Waals surface area contributed by atoms with E-state index in [0.29, 0.717) is 30.8 Å². The second-order valence-electron chi connectivity index (χ2n) is 6.70. The van der Waals surface area contributed by atoms with Gasteiger partial charge in [-0.25, -0.2) is 0 Å². The summed E-state index contributed by atoms with van der Waals surface area (Å²) in [6, 6.07) is 0.0960. The van der Waals surface area contributed by atoms with Gasteiger partial charge in [-0.1, -0.05) is 27.2 Å². The van der Waals surface area contributed by atoms with Crippen LogP contribution >= 0.6 is 0 Å². The Labute approximate surface area is 123 Å². The lowest BCUT2D eigenvalue weighted by atomic mass is 9.74. The summed E-state index contributed by atoms with van der Waals surface area (Å²) in [6.45, 7) is 9.27. The quantitative estimate of drug-likeness (QED) is 0.820. The molecule has 2 fully saturated rings. The number of hydrogen-bond donors (Lipinski definition) is 2. The standard InChI is InChI=1S/C14H29N3O2S/c1-11(2)13-5-4-12(3)10-14(13)16-20(18,19)17-8-6-15-7-9-17/h11-16H,4-10H2,1-3H3. The predicted molar refractivity (Wildman–Crippen MR) is 81.6 cm³/mol. The fourth-order valence-corrected chi connectivity index (χ4v) is 4.95. The van der Waals surface area contributed by atoms with Gasteiger partial charge < -0.3 is 5.32 Å². The third-order valence-electron chi connectivity index (χ3n) is 4.74. The van der Waals surface area contributed by atoms with Crippen molar-refractivity contribution in [2.24, 2.45) is 17.8 Å². The fourth-order valence-electron chi connectivity index (χ4n) is 3.49. The van der Waals surface area contributed by atoms with E-state index < -0.39 is 10.2 Å². The van der Waals surface area contributed by atoms with Crippen LogP contribution in [0.3, 0.4) is 0 Å². The molecule has 1 aliphatic carbocycles. The first-order valence-corrected chi connectivity index (χ1v) is 9.32. The molecule has 2 rings (SSSR count). The highest BCUT2D eigenvalue weighted by Crippen LogP contribution is 2.33. The fraction of sp³-hybridized carbons (Fsp3) is 1.00. The topological polar surface area (TPSA) is 61.4 Å². The average Bonchev–Trinajstić information content (AvgIpc) is 2.39. The Hall–Kier alpha value is -0.170. The van der Waals surface area contributed by atoms with Crippen molar-refractivity contribution in [1.82, 2.24) is 14.3 Å². The van der Waals surface area contributed by atoms with Crippen LogP contribution in [-0.2, 0) is 10.2 Å². The van der Waals surface area contributed by atoms with Gasteiger partial charge in [0.1, 0.15) is 0 Å². The van der Waals surface area contributed by atoms with E-state index in [2.05, 4.69) is 30.8 Å². The lowest BCUT2D eigenvalue weighted by Crippen LogP contribution is -2.55. The summed E-state index contributed by atoms with van der Waals surface area (Å²) >= 11 is 0. The van der Waals surface area contributed by atoms with Crippen molar-refractivity contribution < 1.29 is 8.42 Å². The largest absolute Gasteiger partial charge is 0.314 e. The molecule has 2 N–H and O–H groups in total. The van der Waals surface area contributed by atoms with E-state index in [0.717, 1.165) is 25.9 Å². The molecule has 1 saturated carbocycles. The van der Waals surface area contributed by atoms with Gasteiger partial charge in [-0.05, 0) is 30.6 Å². The molecule has 2 aliphatic rings. The van der Waals surface area contributed by atoms with Crippen LogP contribution in [0.15, 0.2) is 0 Å². The van der Waals surface area contributed by atoms with Crippen LogP contribution in [-0.4, -0.2) is 44.9 Å². The molecule has 1 aliphatic heterocycles. The number of nitrogens with one attached hydrogen (secondary N) is 2. The first-order valence-electron chi connectivity index (χ1n) is 7.88. The molecule has 0 bridgehead atoms. The summed E-state index contributed by atoms with van der Waals surface area (Å²) in [5, 5.41) is 3.19. The van der Waals surface area contributed by atoms with Gasteiger partial charge in [-0.15, -0.1) is 0 Å². The molecule has 6 heteroatoms. The van der Waals surface area contributed by atoms with Crippen LogP contribution in [0.25, 0.3) is 0 Å². The molecule has 1 saturated heterocycles. The molecular formula is C14H29N3O2S. The molecule has 118 valence electrons. The highest BCUT2D eigenvalue weighted by molar-refractivity contribution is 7.87. The molecule has 3 unspecified atom stereocenters. The molecule has 0 aromatic heterocycles. The SMILES string of the molecule is CC1CCC(C(C)C)C(NS(=O)(=O)N2CCNCC2)C1. The van der Waals surface area contributed by atoms with Gasteiger partial charge in [0.05, 0.1) is 0 Å². The molecule has 0 aromatic rings. The molecule has 3 atom stereocenters. The van der Waals surface area contributed by atoms with Crippen LogP contribution in [0.4, 0.5) is 0 Å². The molecule has 5 nitrogen and oxygen atoms in total. The zero-order valence-electron chi connectivity index (χ0n) is 12.9. The van der Waals surface area contributed by atoms with Gasteiger partial charge in [0.2, 0.25) is 0 Å². The molecule has 20 heavy (non-hydrogen) atoms. The lowest BCUT2D eigenvalue weighted by molar-refractivity contribution is 0.185. The van der Waals surface area contributed by atoms with Crippen LogP contribution < -0.4 is 10.0 Å². The summed E-state index contributed by atoms with van der Waals surface area (Å²) in [6.07, 6.45) is 3.32. The van der Waals surface area contributed by atoms with E-state index >= 15 is 0 Å². The van der Waals surface area contributed by atoms with E-state index in [1.807, 2.05) is 0 Å². The van der Waals surface area contributed by atoms with Gasteiger partial charge >= 0.3 is 0 Å². The third-order valence-corrected chi connectivity index (χ3v) is 6.38. The van der Waals surface area contributed by atoms with Crippen LogP contribution in [0.2, 0.25) is 0 Å². The van der Waals surface area contributed by atoms with Crippen molar-refractivity contribution in [1.29, 1.82) is 0 Å². The number of nitrogens with zero attached hydrogens (tertiary/aromatic N) is 1. The van der Waals surface area contributed by atoms with Gasteiger partial charge in [-0.3, -0.25) is 0 Å². The van der Waals surface area contributed by atoms with Crippen molar-refractivity contribution in [2.45, 2.75) is 46.1 Å². The Morgan fingerprint density at radius 2 is 1.85 bits per heavy atom. The Morgan fingerprint density at radius 3 is 2.45 bits per heavy atom. The Bertz CT molecular complexity index is 405. The first-order chi connectivity index (χ1) is 9.40. The molecule has 0 radical (unpaired) electrons. The average molecular weight is 303 g/mol. The molecule has 1 heterocycles. The second kappa shape index (κ2) is 6.73. The summed E-state index contributed by atoms with van der Waals surface area (Å²) < 4.78 is 29.6. The number of hydrogen-bond acceptors (Lipinski definition) is 3. The van der Waals surface area contributed by atoms with Gasteiger partial charge in [0, 0.05) is 32.2 Å². The number of piperazine rings is 1. The molecule has 0 amide bonds. The molecule has 0 aromatic carbocycles. The van der Waals surface area contributed by atoms with Crippen molar-refractivity contribution in [3.05, 3.63) is 0 Å². The van der Waals surface area contributed by atoms with Gasteiger partial charge in [-0.2, -0.15) is 17.4 Å². The summed E-state index contributed by atoms with van der Waals surface area (Å²) in [5.74, 6) is 1.60. The third kappa shape index (κ3) is 3.93. The zero-order chi connectivity index (χ0) is 14.8. The van der Waals surface area contributed by atoms with Gasteiger partial charge in [0.25, 0.3) is 10.2 Å². The zero-order valence-corrected chi connectivity index (χ0v) is 13.7. The Balaban J connectivity index is 2.04. The van der Waals surface area contributed by atoms with Crippen molar-refractivity contribution >= 4 is 10.2 Å². The maximum Gasteiger partial charge on any atom is 0.279 e. The normalized spacial score (nSPS) is 33.5. The van der Waals surface area contributed by atoms with E-state index in [1.54, 1.807) is 4.31 Å². The highest BCUT2D eigenvalue weighted by atomic mass is 32.2. The maximum atomic E-state index is 12.5. The summed E-state index contributed by atoms with van der Waals surface area (Å²) in [4.78, 5) is 0. The van der Waals surface area contributed by atoms with Crippen molar-refractivity contribution in [3.8, 4) is 0 Å². The minimum atomic E-state index is -3.33. The Kier molecular flexibility index (Phi) is 5.45. The van der Waals surface area contributed by atoms with E-state index in [9.17, 15) is 8.42 Å².